The van der Waals surface area contributed by atoms with Gasteiger partial charge in [-0.3, -0.25) is 4.98 Å². The van der Waals surface area contributed by atoms with Crippen molar-refractivity contribution in [3.63, 3.8) is 0 Å². The molecule has 0 saturated heterocycles. The molecule has 1 N–H and O–H groups in total. The van der Waals surface area contributed by atoms with E-state index in [-0.39, 0.29) is 17.2 Å². The van der Waals surface area contributed by atoms with E-state index >= 15 is 0 Å². The Hall–Kier alpha value is -2.07. The zero-order chi connectivity index (χ0) is 13.0. The van der Waals surface area contributed by atoms with Gasteiger partial charge in [0.2, 0.25) is 0 Å². The first-order chi connectivity index (χ1) is 8.66. The zero-order valence-electron chi connectivity index (χ0n) is 9.34. The molecule has 0 bridgehead atoms. The summed E-state index contributed by atoms with van der Waals surface area (Å²) in [6, 6.07) is 9.85. The molecule has 0 aliphatic heterocycles. The average molecular weight is 264 g/mol. The topological polar surface area (TPSA) is 59.4 Å². The number of carboxylic acid groups (broad SMARTS) is 1. The van der Waals surface area contributed by atoms with Gasteiger partial charge in [0.05, 0.1) is 16.3 Å². The highest BCUT2D eigenvalue weighted by molar-refractivity contribution is 6.32. The molecule has 0 atom stereocenters. The molecule has 92 valence electrons. The van der Waals surface area contributed by atoms with E-state index in [1.807, 2.05) is 18.2 Å². The Labute approximate surface area is 109 Å². The van der Waals surface area contributed by atoms with Crippen molar-refractivity contribution in [2.24, 2.45) is 0 Å². The maximum absolute atomic E-state index is 10.7. The van der Waals surface area contributed by atoms with Gasteiger partial charge in [-0.25, -0.2) is 4.79 Å². The van der Waals surface area contributed by atoms with Gasteiger partial charge in [-0.1, -0.05) is 17.7 Å². The number of carboxylic acids is 1. The Bertz CT molecular complexity index is 557. The average Bonchev–Trinajstić information content (AvgIpc) is 2.38. The first-order valence-corrected chi connectivity index (χ1v) is 5.60. The van der Waals surface area contributed by atoms with Gasteiger partial charge in [0, 0.05) is 6.20 Å². The van der Waals surface area contributed by atoms with Gasteiger partial charge < -0.3 is 9.84 Å². The molecule has 4 nitrogen and oxygen atoms in total. The van der Waals surface area contributed by atoms with Crippen molar-refractivity contribution in [3.05, 3.63) is 58.9 Å². The second kappa shape index (κ2) is 5.51. The van der Waals surface area contributed by atoms with Gasteiger partial charge in [0.1, 0.15) is 12.4 Å². The largest absolute Gasteiger partial charge is 0.486 e. The molecule has 18 heavy (non-hydrogen) atoms. The van der Waals surface area contributed by atoms with Crippen molar-refractivity contribution in [3.8, 4) is 5.75 Å². The number of halogens is 1. The van der Waals surface area contributed by atoms with Gasteiger partial charge in [0.25, 0.3) is 0 Å². The molecule has 0 fully saturated rings. The van der Waals surface area contributed by atoms with Crippen LogP contribution in [0.5, 0.6) is 5.75 Å². The highest BCUT2D eigenvalue weighted by atomic mass is 35.5. The highest BCUT2D eigenvalue weighted by Gasteiger charge is 2.08. The molecule has 1 aromatic carbocycles. The van der Waals surface area contributed by atoms with Crippen LogP contribution in [0, 0.1) is 0 Å². The number of hydrogen-bond donors (Lipinski definition) is 1. The van der Waals surface area contributed by atoms with Gasteiger partial charge >= 0.3 is 5.97 Å². The smallest absolute Gasteiger partial charge is 0.335 e. The van der Waals surface area contributed by atoms with Crippen molar-refractivity contribution < 1.29 is 14.6 Å². The third kappa shape index (κ3) is 2.99. The van der Waals surface area contributed by atoms with E-state index in [0.717, 1.165) is 5.69 Å². The minimum Gasteiger partial charge on any atom is -0.486 e. The fourth-order valence-corrected chi connectivity index (χ4v) is 1.62. The number of carbonyl (C=O) groups is 1. The summed E-state index contributed by atoms with van der Waals surface area (Å²) in [4.78, 5) is 14.8. The van der Waals surface area contributed by atoms with Crippen molar-refractivity contribution >= 4 is 17.6 Å². The van der Waals surface area contributed by atoms with Gasteiger partial charge in [-0.2, -0.15) is 0 Å². The molecule has 2 rings (SSSR count). The standard InChI is InChI=1S/C13H10ClNO3/c14-11-7-9(13(16)17)4-5-12(11)18-8-10-3-1-2-6-15-10/h1-7H,8H2,(H,16,17). The first kappa shape index (κ1) is 12.4. The molecule has 0 unspecified atom stereocenters. The summed E-state index contributed by atoms with van der Waals surface area (Å²) in [5.41, 5.74) is 0.904. The molecular formula is C13H10ClNO3. The van der Waals surface area contributed by atoms with Gasteiger partial charge in [0.15, 0.2) is 0 Å². The predicted octanol–water partition coefficient (Wildman–Crippen LogP) is 3.01. The van der Waals surface area contributed by atoms with Crippen molar-refractivity contribution in [2.45, 2.75) is 6.61 Å². The number of aromatic carboxylic acids is 1. The van der Waals surface area contributed by atoms with Crippen LogP contribution in [-0.2, 0) is 6.61 Å². The molecule has 1 aromatic heterocycles. The van der Waals surface area contributed by atoms with Crippen LogP contribution in [0.2, 0.25) is 5.02 Å². The van der Waals surface area contributed by atoms with E-state index in [0.29, 0.717) is 5.75 Å². The molecule has 1 heterocycles. The molecule has 0 aliphatic carbocycles. The Morgan fingerprint density at radius 3 is 2.78 bits per heavy atom. The number of benzene rings is 1. The lowest BCUT2D eigenvalue weighted by Crippen LogP contribution is -2.00. The quantitative estimate of drug-likeness (QED) is 0.921. The molecule has 2 aromatic rings. The van der Waals surface area contributed by atoms with E-state index in [4.69, 9.17) is 21.4 Å². The van der Waals surface area contributed by atoms with Crippen molar-refractivity contribution in [1.82, 2.24) is 4.98 Å². The Morgan fingerprint density at radius 1 is 1.33 bits per heavy atom. The van der Waals surface area contributed by atoms with Crippen LogP contribution in [0.1, 0.15) is 16.1 Å². The van der Waals surface area contributed by atoms with E-state index in [9.17, 15) is 4.79 Å². The lowest BCUT2D eigenvalue weighted by Gasteiger charge is -2.07. The van der Waals surface area contributed by atoms with Gasteiger partial charge in [-0.15, -0.1) is 0 Å². The molecule has 0 aliphatic rings. The molecule has 0 spiro atoms. The first-order valence-electron chi connectivity index (χ1n) is 5.22. The maximum Gasteiger partial charge on any atom is 0.335 e. The third-order valence-corrected chi connectivity index (χ3v) is 2.58. The Balaban J connectivity index is 2.08. The third-order valence-electron chi connectivity index (χ3n) is 2.28. The second-order valence-electron chi connectivity index (χ2n) is 3.56. The summed E-state index contributed by atoms with van der Waals surface area (Å²) >= 11 is 5.93. The van der Waals surface area contributed by atoms with E-state index < -0.39 is 5.97 Å². The highest BCUT2D eigenvalue weighted by Crippen LogP contribution is 2.26. The minimum atomic E-state index is -1.02. The summed E-state index contributed by atoms with van der Waals surface area (Å²) in [5, 5.41) is 9.07. The number of hydrogen-bond acceptors (Lipinski definition) is 3. The monoisotopic (exact) mass is 263 g/mol. The number of nitrogens with zero attached hydrogens (tertiary/aromatic N) is 1. The molecule has 0 saturated carbocycles. The number of ether oxygens (including phenoxy) is 1. The fraction of sp³-hybridized carbons (Fsp3) is 0.0769. The lowest BCUT2D eigenvalue weighted by molar-refractivity contribution is 0.0697. The van der Waals surface area contributed by atoms with Crippen molar-refractivity contribution in [1.29, 1.82) is 0 Å². The normalized spacial score (nSPS) is 10.1. The van der Waals surface area contributed by atoms with E-state index in [1.165, 1.54) is 18.2 Å². The molecule has 0 radical (unpaired) electrons. The van der Waals surface area contributed by atoms with Crippen LogP contribution in [-0.4, -0.2) is 16.1 Å². The van der Waals surface area contributed by atoms with Crippen LogP contribution < -0.4 is 4.74 Å². The van der Waals surface area contributed by atoms with Crippen molar-refractivity contribution in [2.75, 3.05) is 0 Å². The van der Waals surface area contributed by atoms with Crippen LogP contribution in [0.4, 0.5) is 0 Å². The zero-order valence-corrected chi connectivity index (χ0v) is 10.1. The fourth-order valence-electron chi connectivity index (χ4n) is 1.39. The number of aromatic nitrogens is 1. The van der Waals surface area contributed by atoms with Gasteiger partial charge in [-0.05, 0) is 30.3 Å². The SMILES string of the molecule is O=C(O)c1ccc(OCc2ccccn2)c(Cl)c1. The number of pyridine rings is 1. The predicted molar refractivity (Wildman–Crippen MR) is 67.0 cm³/mol. The lowest BCUT2D eigenvalue weighted by atomic mass is 10.2. The Kier molecular flexibility index (Phi) is 3.79. The van der Waals surface area contributed by atoms with Crippen LogP contribution in [0.3, 0.4) is 0 Å². The number of rotatable bonds is 4. The maximum atomic E-state index is 10.7. The summed E-state index contributed by atoms with van der Waals surface area (Å²) in [7, 11) is 0. The van der Waals surface area contributed by atoms with E-state index in [2.05, 4.69) is 4.98 Å². The van der Waals surface area contributed by atoms with Crippen LogP contribution >= 0.6 is 11.6 Å². The van der Waals surface area contributed by atoms with Crippen LogP contribution in [0.25, 0.3) is 0 Å². The molecular weight excluding hydrogens is 254 g/mol. The molecule has 5 heteroatoms. The Morgan fingerprint density at radius 2 is 2.17 bits per heavy atom. The van der Waals surface area contributed by atoms with Crippen LogP contribution in [0.15, 0.2) is 42.6 Å². The minimum absolute atomic E-state index is 0.130. The summed E-state index contributed by atoms with van der Waals surface area (Å²) in [6.45, 7) is 0.285. The molecule has 0 amide bonds. The summed E-state index contributed by atoms with van der Waals surface area (Å²) in [5.74, 6) is -0.583. The van der Waals surface area contributed by atoms with E-state index in [1.54, 1.807) is 6.20 Å². The summed E-state index contributed by atoms with van der Waals surface area (Å²) < 4.78 is 5.47. The summed E-state index contributed by atoms with van der Waals surface area (Å²) in [6.07, 6.45) is 1.67. The second-order valence-corrected chi connectivity index (χ2v) is 3.97.